The third-order valence-electron chi connectivity index (χ3n) is 4.78. The first-order valence-electron chi connectivity index (χ1n) is 9.39. The molecule has 0 aliphatic heterocycles. The van der Waals surface area contributed by atoms with Crippen molar-refractivity contribution in [3.8, 4) is 0 Å². The number of anilines is 4. The molecule has 0 fully saturated rings. The Balaban J connectivity index is 1.77. The summed E-state index contributed by atoms with van der Waals surface area (Å²) in [5, 5.41) is 18.9. The van der Waals surface area contributed by atoms with E-state index in [-0.39, 0.29) is 17.3 Å². The second-order valence-electron chi connectivity index (χ2n) is 7.07. The molecule has 2 aromatic heterocycles. The molecule has 0 radical (unpaired) electrons. The summed E-state index contributed by atoms with van der Waals surface area (Å²) in [5.41, 5.74) is 4.90. The van der Waals surface area contributed by atoms with Crippen LogP contribution in [0.5, 0.6) is 0 Å². The summed E-state index contributed by atoms with van der Waals surface area (Å²) in [4.78, 5) is 24.2. The van der Waals surface area contributed by atoms with E-state index < -0.39 is 4.92 Å². The van der Waals surface area contributed by atoms with Gasteiger partial charge in [0.2, 0.25) is 11.6 Å². The van der Waals surface area contributed by atoms with E-state index in [1.165, 1.54) is 6.33 Å². The van der Waals surface area contributed by atoms with Gasteiger partial charge in [0.1, 0.15) is 6.33 Å². The number of nitrogens with zero attached hydrogens (tertiary/aromatic N) is 4. The first-order valence-corrected chi connectivity index (χ1v) is 9.39. The second-order valence-corrected chi connectivity index (χ2v) is 7.07. The number of nitrogens with one attached hydrogen (secondary N) is 2. The Labute approximate surface area is 173 Å². The number of aryl methyl sites for hydroxylation is 3. The summed E-state index contributed by atoms with van der Waals surface area (Å²) in [6.45, 7) is 5.81. The minimum absolute atomic E-state index is 0.107. The number of aromatic nitrogens is 3. The number of benzene rings is 2. The number of rotatable bonds is 5. The van der Waals surface area contributed by atoms with Gasteiger partial charge in [-0.15, -0.1) is 0 Å². The summed E-state index contributed by atoms with van der Waals surface area (Å²) in [6.07, 6.45) is 1.30. The molecule has 4 rings (SSSR count). The summed E-state index contributed by atoms with van der Waals surface area (Å²) < 4.78 is 0. The Hall–Kier alpha value is -4.07. The summed E-state index contributed by atoms with van der Waals surface area (Å²) in [6, 6.07) is 15.3. The van der Waals surface area contributed by atoms with E-state index in [2.05, 4.69) is 25.6 Å². The predicted octanol–water partition coefficient (Wildman–Crippen LogP) is 5.35. The Morgan fingerprint density at radius 3 is 2.37 bits per heavy atom. The molecule has 30 heavy (non-hydrogen) atoms. The van der Waals surface area contributed by atoms with E-state index in [9.17, 15) is 10.1 Å². The fourth-order valence-electron chi connectivity index (χ4n) is 3.23. The van der Waals surface area contributed by atoms with Crippen LogP contribution in [-0.2, 0) is 0 Å². The van der Waals surface area contributed by atoms with Gasteiger partial charge in [0.15, 0.2) is 0 Å². The van der Waals surface area contributed by atoms with Crippen LogP contribution >= 0.6 is 0 Å². The van der Waals surface area contributed by atoms with Gasteiger partial charge in [0.05, 0.1) is 10.4 Å². The van der Waals surface area contributed by atoms with Crippen molar-refractivity contribution in [3.05, 3.63) is 81.8 Å². The number of nitro groups is 1. The quantitative estimate of drug-likeness (QED) is 0.344. The van der Waals surface area contributed by atoms with Crippen molar-refractivity contribution in [1.29, 1.82) is 0 Å². The second kappa shape index (κ2) is 7.75. The number of hydrogen-bond acceptors (Lipinski definition) is 7. The zero-order chi connectivity index (χ0) is 21.3. The van der Waals surface area contributed by atoms with Crippen molar-refractivity contribution >= 4 is 39.6 Å². The summed E-state index contributed by atoms with van der Waals surface area (Å²) in [5.74, 6) is 0.233. The van der Waals surface area contributed by atoms with Gasteiger partial charge in [-0.25, -0.2) is 9.97 Å². The number of pyridine rings is 1. The molecule has 0 unspecified atom stereocenters. The van der Waals surface area contributed by atoms with Gasteiger partial charge in [0, 0.05) is 22.5 Å². The maximum Gasteiger partial charge on any atom is 0.353 e. The molecule has 8 nitrogen and oxygen atoms in total. The monoisotopic (exact) mass is 400 g/mol. The van der Waals surface area contributed by atoms with E-state index in [1.807, 2.05) is 69.3 Å². The lowest BCUT2D eigenvalue weighted by molar-refractivity contribution is -0.383. The molecule has 0 aliphatic rings. The van der Waals surface area contributed by atoms with Crippen LogP contribution < -0.4 is 10.6 Å². The van der Waals surface area contributed by atoms with Crippen molar-refractivity contribution in [1.82, 2.24) is 15.0 Å². The van der Waals surface area contributed by atoms with Gasteiger partial charge < -0.3 is 10.6 Å². The number of hydrogen-bond donors (Lipinski definition) is 2. The van der Waals surface area contributed by atoms with E-state index in [0.717, 1.165) is 33.4 Å². The zero-order valence-corrected chi connectivity index (χ0v) is 16.8. The average molecular weight is 400 g/mol. The highest BCUT2D eigenvalue weighted by Gasteiger charge is 2.24. The molecular weight excluding hydrogens is 380 g/mol. The van der Waals surface area contributed by atoms with Crippen LogP contribution in [0.25, 0.3) is 10.9 Å². The molecule has 8 heteroatoms. The van der Waals surface area contributed by atoms with E-state index in [0.29, 0.717) is 5.69 Å². The van der Waals surface area contributed by atoms with Crippen molar-refractivity contribution in [2.75, 3.05) is 10.6 Å². The topological polar surface area (TPSA) is 106 Å². The largest absolute Gasteiger partial charge is 0.353 e. The molecular formula is C22H20N6O2. The maximum absolute atomic E-state index is 11.9. The lowest BCUT2D eigenvalue weighted by atomic mass is 10.1. The van der Waals surface area contributed by atoms with Crippen molar-refractivity contribution in [2.45, 2.75) is 20.8 Å². The van der Waals surface area contributed by atoms with Crippen molar-refractivity contribution in [2.24, 2.45) is 0 Å². The lowest BCUT2D eigenvalue weighted by Crippen LogP contribution is -2.06. The molecule has 0 aliphatic carbocycles. The van der Waals surface area contributed by atoms with Crippen LogP contribution in [0, 0.1) is 30.9 Å². The Morgan fingerprint density at radius 1 is 0.900 bits per heavy atom. The van der Waals surface area contributed by atoms with Crippen LogP contribution in [0.3, 0.4) is 0 Å². The summed E-state index contributed by atoms with van der Waals surface area (Å²) in [7, 11) is 0. The first-order chi connectivity index (χ1) is 14.4. The smallest absolute Gasteiger partial charge is 0.334 e. The molecule has 0 saturated heterocycles. The Kier molecular flexibility index (Phi) is 4.97. The number of fused-ring (bicyclic) bond motifs is 1. The third kappa shape index (κ3) is 3.75. The molecule has 0 saturated carbocycles. The van der Waals surface area contributed by atoms with Gasteiger partial charge in [-0.3, -0.25) is 15.1 Å². The Bertz CT molecular complexity index is 1270. The van der Waals surface area contributed by atoms with E-state index in [1.54, 1.807) is 0 Å². The average Bonchev–Trinajstić information content (AvgIpc) is 2.70. The molecule has 2 N–H and O–H groups in total. The van der Waals surface area contributed by atoms with Crippen LogP contribution in [0.15, 0.2) is 54.9 Å². The normalized spacial score (nSPS) is 10.8. The van der Waals surface area contributed by atoms with Crippen LogP contribution in [-0.4, -0.2) is 19.9 Å². The molecule has 2 heterocycles. The maximum atomic E-state index is 11.9. The minimum Gasteiger partial charge on any atom is -0.334 e. The van der Waals surface area contributed by atoms with Crippen LogP contribution in [0.2, 0.25) is 0 Å². The van der Waals surface area contributed by atoms with E-state index >= 15 is 0 Å². The highest BCUT2D eigenvalue weighted by atomic mass is 16.6. The Morgan fingerprint density at radius 2 is 1.63 bits per heavy atom. The standard InChI is InChI=1S/C22H20N6O2/c1-13-7-8-14(2)19(11-13)27-22-20(28(29)30)21(23-12-24-22)26-18-6-4-5-17-16(18)10-9-15(3)25-17/h4-12H,1-3H3,(H2,23,24,26,27). The van der Waals surface area contributed by atoms with Crippen LogP contribution in [0.4, 0.5) is 28.7 Å². The van der Waals surface area contributed by atoms with Gasteiger partial charge >= 0.3 is 5.69 Å². The SMILES string of the molecule is Cc1ccc(C)c(Nc2ncnc(Nc3cccc4nc(C)ccc34)c2[N+](=O)[O-])c1. The predicted molar refractivity (Wildman–Crippen MR) is 118 cm³/mol. The fraction of sp³-hybridized carbons (Fsp3) is 0.136. The highest BCUT2D eigenvalue weighted by molar-refractivity contribution is 5.94. The van der Waals surface area contributed by atoms with Gasteiger partial charge in [-0.2, -0.15) is 0 Å². The third-order valence-corrected chi connectivity index (χ3v) is 4.78. The van der Waals surface area contributed by atoms with Crippen molar-refractivity contribution in [3.63, 3.8) is 0 Å². The molecule has 4 aromatic rings. The summed E-state index contributed by atoms with van der Waals surface area (Å²) >= 11 is 0. The van der Waals surface area contributed by atoms with Crippen molar-refractivity contribution < 1.29 is 4.92 Å². The van der Waals surface area contributed by atoms with Crippen LogP contribution in [0.1, 0.15) is 16.8 Å². The first kappa shape index (κ1) is 19.3. The van der Waals surface area contributed by atoms with E-state index in [4.69, 9.17) is 0 Å². The molecule has 2 aromatic carbocycles. The van der Waals surface area contributed by atoms with Gasteiger partial charge in [0.25, 0.3) is 0 Å². The molecule has 0 amide bonds. The molecule has 150 valence electrons. The molecule has 0 spiro atoms. The molecule has 0 bridgehead atoms. The highest BCUT2D eigenvalue weighted by Crippen LogP contribution is 2.35. The zero-order valence-electron chi connectivity index (χ0n) is 16.8. The minimum atomic E-state index is -0.483. The van der Waals surface area contributed by atoms with Gasteiger partial charge in [-0.1, -0.05) is 18.2 Å². The molecule has 0 atom stereocenters. The van der Waals surface area contributed by atoms with Gasteiger partial charge in [-0.05, 0) is 62.2 Å². The fourth-order valence-corrected chi connectivity index (χ4v) is 3.23. The lowest BCUT2D eigenvalue weighted by Gasteiger charge is -2.13.